The Morgan fingerprint density at radius 2 is 1.83 bits per heavy atom. The van der Waals surface area contributed by atoms with Gasteiger partial charge >= 0.3 is 6.18 Å². The molecule has 2 aliphatic rings. The highest BCUT2D eigenvalue weighted by molar-refractivity contribution is 5.99. The molecule has 162 valence electrons. The molecule has 30 heavy (non-hydrogen) atoms. The molecule has 2 aromatic rings. The van der Waals surface area contributed by atoms with Gasteiger partial charge in [-0.25, -0.2) is 4.68 Å². The summed E-state index contributed by atoms with van der Waals surface area (Å²) in [5, 5.41) is 7.16. The van der Waals surface area contributed by atoms with Crippen LogP contribution in [0, 0.1) is 6.92 Å². The highest BCUT2D eigenvalue weighted by Gasteiger charge is 2.47. The number of benzene rings is 1. The molecule has 0 bridgehead atoms. The van der Waals surface area contributed by atoms with Crippen LogP contribution in [-0.2, 0) is 0 Å². The summed E-state index contributed by atoms with van der Waals surface area (Å²) in [7, 11) is 1.74. The smallest absolute Gasteiger partial charge is 0.363 e. The van der Waals surface area contributed by atoms with Crippen molar-refractivity contribution in [3.05, 3.63) is 47.2 Å². The Hall–Kier alpha value is -2.51. The lowest BCUT2D eigenvalue weighted by Crippen LogP contribution is -2.39. The summed E-state index contributed by atoms with van der Waals surface area (Å²) in [4.78, 5) is 14.8. The maximum atomic E-state index is 13.8. The predicted octanol–water partition coefficient (Wildman–Crippen LogP) is 5.26. The second-order valence-electron chi connectivity index (χ2n) is 8.46. The Morgan fingerprint density at radius 3 is 2.47 bits per heavy atom. The minimum Gasteiger partial charge on any atom is -0.363 e. The summed E-state index contributed by atoms with van der Waals surface area (Å²) < 4.78 is 42.5. The number of alkyl halides is 3. The number of nitrogens with one attached hydrogen (secondary N) is 1. The van der Waals surface area contributed by atoms with Gasteiger partial charge in [-0.05, 0) is 25.3 Å². The van der Waals surface area contributed by atoms with E-state index in [1.54, 1.807) is 11.9 Å². The number of carbonyl (C=O) groups is 1. The third-order valence-corrected chi connectivity index (χ3v) is 6.39. The zero-order chi connectivity index (χ0) is 21.5. The number of rotatable bonds is 3. The van der Waals surface area contributed by atoms with Crippen LogP contribution >= 0.6 is 0 Å². The van der Waals surface area contributed by atoms with Crippen molar-refractivity contribution in [1.82, 2.24) is 14.7 Å². The predicted molar refractivity (Wildman–Crippen MR) is 108 cm³/mol. The monoisotopic (exact) mass is 420 g/mol. The summed E-state index contributed by atoms with van der Waals surface area (Å²) in [6, 6.07) is 5.24. The van der Waals surface area contributed by atoms with Crippen molar-refractivity contribution in [1.29, 1.82) is 0 Å². The van der Waals surface area contributed by atoms with Crippen LogP contribution in [0.25, 0.3) is 0 Å². The van der Waals surface area contributed by atoms with Crippen LogP contribution in [0.1, 0.15) is 72.1 Å². The number of carbonyl (C=O) groups excluding carboxylic acids is 1. The molecule has 1 aromatic carbocycles. The molecule has 0 radical (unpaired) electrons. The van der Waals surface area contributed by atoms with Crippen LogP contribution < -0.4 is 5.32 Å². The van der Waals surface area contributed by atoms with E-state index in [1.165, 1.54) is 6.20 Å². The van der Waals surface area contributed by atoms with Gasteiger partial charge in [0, 0.05) is 19.5 Å². The summed E-state index contributed by atoms with van der Waals surface area (Å²) in [6.07, 6.45) is 1.80. The van der Waals surface area contributed by atoms with E-state index < -0.39 is 18.3 Å². The van der Waals surface area contributed by atoms with Gasteiger partial charge in [0.05, 0.1) is 12.2 Å². The molecule has 1 N–H and O–H groups in total. The van der Waals surface area contributed by atoms with Gasteiger partial charge in [0.15, 0.2) is 6.04 Å². The largest absolute Gasteiger partial charge is 0.410 e. The normalized spacial score (nSPS) is 22.3. The van der Waals surface area contributed by atoms with E-state index in [0.717, 1.165) is 47.9 Å². The van der Waals surface area contributed by atoms with Gasteiger partial charge < -0.3 is 10.2 Å². The Labute approximate surface area is 174 Å². The highest BCUT2D eigenvalue weighted by Crippen LogP contribution is 2.44. The number of aromatic nitrogens is 2. The van der Waals surface area contributed by atoms with Crippen molar-refractivity contribution in [2.75, 3.05) is 12.4 Å². The minimum absolute atomic E-state index is 0.122. The van der Waals surface area contributed by atoms with Gasteiger partial charge in [-0.2, -0.15) is 18.3 Å². The van der Waals surface area contributed by atoms with E-state index in [9.17, 15) is 18.0 Å². The van der Waals surface area contributed by atoms with Crippen molar-refractivity contribution in [3.63, 3.8) is 0 Å². The van der Waals surface area contributed by atoms with E-state index in [1.807, 2.05) is 31.2 Å². The lowest BCUT2D eigenvalue weighted by Gasteiger charge is -2.35. The molecule has 1 aromatic heterocycles. The highest BCUT2D eigenvalue weighted by atomic mass is 19.4. The third kappa shape index (κ3) is 3.91. The third-order valence-electron chi connectivity index (χ3n) is 6.39. The molecule has 1 saturated carbocycles. The van der Waals surface area contributed by atoms with Crippen LogP contribution in [0.5, 0.6) is 0 Å². The average Bonchev–Trinajstić information content (AvgIpc) is 3.16. The van der Waals surface area contributed by atoms with Gasteiger partial charge in [0.1, 0.15) is 11.4 Å². The first-order chi connectivity index (χ1) is 14.3. The second-order valence-corrected chi connectivity index (χ2v) is 8.46. The Kier molecular flexibility index (Phi) is 5.51. The fraction of sp³-hybridized carbons (Fsp3) is 0.545. The molecule has 0 saturated heterocycles. The van der Waals surface area contributed by atoms with Gasteiger partial charge in [0.25, 0.3) is 5.91 Å². The Morgan fingerprint density at radius 1 is 1.17 bits per heavy atom. The minimum atomic E-state index is -4.46. The summed E-state index contributed by atoms with van der Waals surface area (Å²) >= 11 is 0. The van der Waals surface area contributed by atoms with Crippen LogP contribution in [0.2, 0.25) is 0 Å². The molecule has 2 heterocycles. The zero-order valence-corrected chi connectivity index (χ0v) is 17.2. The Bertz CT molecular complexity index is 900. The molecular formula is C22H27F3N4O. The van der Waals surface area contributed by atoms with Crippen molar-refractivity contribution < 1.29 is 18.0 Å². The van der Waals surface area contributed by atoms with E-state index >= 15 is 0 Å². The lowest BCUT2D eigenvalue weighted by molar-refractivity contribution is -0.173. The van der Waals surface area contributed by atoms with E-state index in [0.29, 0.717) is 0 Å². The quantitative estimate of drug-likeness (QED) is 0.737. The fourth-order valence-corrected chi connectivity index (χ4v) is 4.56. The molecule has 1 aliphatic carbocycles. The second kappa shape index (κ2) is 7.96. The van der Waals surface area contributed by atoms with Crippen molar-refractivity contribution in [2.24, 2.45) is 0 Å². The van der Waals surface area contributed by atoms with Gasteiger partial charge in [-0.3, -0.25) is 4.79 Å². The van der Waals surface area contributed by atoms with Crippen molar-refractivity contribution in [2.45, 2.75) is 69.8 Å². The SMILES string of the molecule is Cc1ccc([C@H]2C[C@@H](C(F)(F)F)n3ncc(C(=O)N(C)C4CCCCC4)c3N2)cc1. The van der Waals surface area contributed by atoms with Crippen LogP contribution in [0.4, 0.5) is 19.0 Å². The number of nitrogens with zero attached hydrogens (tertiary/aromatic N) is 3. The summed E-state index contributed by atoms with van der Waals surface area (Å²) in [5.74, 6) is -0.122. The molecular weight excluding hydrogens is 393 g/mol. The van der Waals surface area contributed by atoms with Crippen LogP contribution in [0.15, 0.2) is 30.5 Å². The van der Waals surface area contributed by atoms with E-state index in [4.69, 9.17) is 0 Å². The molecule has 0 spiro atoms. The number of hydrogen-bond donors (Lipinski definition) is 1. The standard InChI is InChI=1S/C22H27F3N4O/c1-14-8-10-15(11-9-14)18-12-19(22(23,24)25)29-20(27-18)17(13-26-29)21(30)28(2)16-6-4-3-5-7-16/h8-11,13,16,18-19,27H,3-7,12H2,1-2H3/t18-,19+/m1/s1. The molecule has 1 aliphatic heterocycles. The van der Waals surface area contributed by atoms with Gasteiger partial charge in [-0.15, -0.1) is 0 Å². The van der Waals surface area contributed by atoms with Crippen LogP contribution in [-0.4, -0.2) is 39.9 Å². The number of anilines is 1. The lowest BCUT2D eigenvalue weighted by atomic mass is 9.94. The molecule has 0 unspecified atom stereocenters. The van der Waals surface area contributed by atoms with Crippen molar-refractivity contribution in [3.8, 4) is 0 Å². The average molecular weight is 420 g/mol. The first-order valence-electron chi connectivity index (χ1n) is 10.5. The van der Waals surface area contributed by atoms with E-state index in [2.05, 4.69) is 10.4 Å². The zero-order valence-electron chi connectivity index (χ0n) is 17.2. The summed E-state index contributed by atoms with van der Waals surface area (Å²) in [6.45, 7) is 1.93. The topological polar surface area (TPSA) is 50.2 Å². The van der Waals surface area contributed by atoms with Crippen molar-refractivity contribution >= 4 is 11.7 Å². The van der Waals surface area contributed by atoms with E-state index in [-0.39, 0.29) is 29.8 Å². The number of aryl methyl sites for hydroxylation is 1. The fourth-order valence-electron chi connectivity index (χ4n) is 4.56. The maximum Gasteiger partial charge on any atom is 0.410 e. The molecule has 2 atom stereocenters. The molecule has 4 rings (SSSR count). The van der Waals surface area contributed by atoms with Gasteiger partial charge in [0.2, 0.25) is 0 Å². The number of hydrogen-bond acceptors (Lipinski definition) is 3. The van der Waals surface area contributed by atoms with Crippen LogP contribution in [0.3, 0.4) is 0 Å². The molecule has 1 amide bonds. The first kappa shape index (κ1) is 20.8. The molecule has 5 nitrogen and oxygen atoms in total. The number of amides is 1. The maximum absolute atomic E-state index is 13.8. The Balaban J connectivity index is 1.67. The summed E-state index contributed by atoms with van der Waals surface area (Å²) in [5.41, 5.74) is 2.01. The first-order valence-corrected chi connectivity index (χ1v) is 10.5. The molecule has 1 fully saturated rings. The number of halogens is 3. The molecule has 8 heteroatoms. The number of fused-ring (bicyclic) bond motifs is 1. The van der Waals surface area contributed by atoms with Gasteiger partial charge in [-0.1, -0.05) is 49.1 Å².